The molecule has 150 valence electrons. The molecule has 0 unspecified atom stereocenters. The summed E-state index contributed by atoms with van der Waals surface area (Å²) in [6.45, 7) is 4.03. The highest BCUT2D eigenvalue weighted by Gasteiger charge is 2.44. The highest BCUT2D eigenvalue weighted by molar-refractivity contribution is 6.13. The number of hydrogen-bond donors (Lipinski definition) is 0. The van der Waals surface area contributed by atoms with Crippen molar-refractivity contribution in [1.29, 1.82) is 0 Å². The van der Waals surface area contributed by atoms with E-state index in [2.05, 4.69) is 4.98 Å². The zero-order valence-corrected chi connectivity index (χ0v) is 17.0. The van der Waals surface area contributed by atoms with Gasteiger partial charge < -0.3 is 0 Å². The number of fused-ring (bicyclic) bond motifs is 8. The number of amides is 1. The minimum Gasteiger partial charge on any atom is -0.280 e. The Morgan fingerprint density at radius 2 is 1.58 bits per heavy atom. The molecule has 2 aliphatic rings. The van der Waals surface area contributed by atoms with E-state index < -0.39 is 6.17 Å². The van der Waals surface area contributed by atoms with Crippen molar-refractivity contribution < 1.29 is 4.79 Å². The third-order valence-corrected chi connectivity index (χ3v) is 6.18. The molecule has 3 aromatic carbocycles. The van der Waals surface area contributed by atoms with Crippen LogP contribution in [0.4, 0.5) is 5.69 Å². The van der Waals surface area contributed by atoms with Crippen molar-refractivity contribution in [1.82, 2.24) is 14.8 Å². The molecule has 0 aliphatic carbocycles. The number of benzene rings is 3. The molecule has 6 heteroatoms. The van der Waals surface area contributed by atoms with Crippen molar-refractivity contribution in [3.63, 3.8) is 0 Å². The number of aryl methyl sites for hydroxylation is 2. The number of carbonyl (C=O) groups is 1. The summed E-state index contributed by atoms with van der Waals surface area (Å²) in [5.74, 6) is 0.394. The molecule has 0 saturated carbocycles. The number of aromatic nitrogens is 3. The minimum absolute atomic E-state index is 0.0769. The molecule has 2 aliphatic heterocycles. The number of para-hydroxylation sites is 1. The molecular weight excluding hydrogens is 388 g/mol. The summed E-state index contributed by atoms with van der Waals surface area (Å²) >= 11 is 0. The molecule has 0 bridgehead atoms. The SMILES string of the molecule is Cc1ccc(-c2nn3c(nc2=O)-c2ccccc2N2C(=O)c4ccccc4[C@@H]23)cc1C. The Labute approximate surface area is 178 Å². The molecule has 0 saturated heterocycles. The van der Waals surface area contributed by atoms with Crippen LogP contribution in [0.3, 0.4) is 0 Å². The van der Waals surface area contributed by atoms with Gasteiger partial charge in [-0.2, -0.15) is 10.1 Å². The number of anilines is 1. The number of hydrogen-bond acceptors (Lipinski definition) is 4. The van der Waals surface area contributed by atoms with Crippen molar-refractivity contribution >= 4 is 11.6 Å². The molecular formula is C25H18N4O2. The van der Waals surface area contributed by atoms with E-state index in [9.17, 15) is 9.59 Å². The van der Waals surface area contributed by atoms with Gasteiger partial charge in [-0.15, -0.1) is 0 Å². The van der Waals surface area contributed by atoms with Crippen LogP contribution in [-0.2, 0) is 0 Å². The highest BCUT2D eigenvalue weighted by atomic mass is 16.2. The van der Waals surface area contributed by atoms with Crippen LogP contribution in [0.5, 0.6) is 0 Å². The average Bonchev–Trinajstić information content (AvgIpc) is 3.09. The highest BCUT2D eigenvalue weighted by Crippen LogP contribution is 2.46. The van der Waals surface area contributed by atoms with E-state index in [0.29, 0.717) is 11.4 Å². The lowest BCUT2D eigenvalue weighted by molar-refractivity contribution is 0.0986. The summed E-state index contributed by atoms with van der Waals surface area (Å²) < 4.78 is 1.72. The average molecular weight is 406 g/mol. The predicted molar refractivity (Wildman–Crippen MR) is 118 cm³/mol. The van der Waals surface area contributed by atoms with E-state index in [-0.39, 0.29) is 17.2 Å². The molecule has 4 aromatic rings. The molecule has 1 aromatic heterocycles. The maximum atomic E-state index is 13.3. The minimum atomic E-state index is -0.480. The lowest BCUT2D eigenvalue weighted by Crippen LogP contribution is -2.39. The number of carbonyl (C=O) groups excluding carboxylic acids is 1. The van der Waals surface area contributed by atoms with Crippen LogP contribution in [0.1, 0.15) is 33.2 Å². The normalized spacial score (nSPS) is 15.9. The van der Waals surface area contributed by atoms with Gasteiger partial charge in [0.15, 0.2) is 17.7 Å². The van der Waals surface area contributed by atoms with E-state index >= 15 is 0 Å². The van der Waals surface area contributed by atoms with Gasteiger partial charge >= 0.3 is 0 Å². The van der Waals surface area contributed by atoms with Gasteiger partial charge in [0.05, 0.1) is 5.69 Å². The van der Waals surface area contributed by atoms with Crippen molar-refractivity contribution in [2.24, 2.45) is 0 Å². The van der Waals surface area contributed by atoms with Crippen LogP contribution in [0.2, 0.25) is 0 Å². The Bertz CT molecular complexity index is 1470. The molecule has 1 amide bonds. The van der Waals surface area contributed by atoms with Crippen LogP contribution in [-0.4, -0.2) is 20.7 Å². The number of nitrogens with zero attached hydrogens (tertiary/aromatic N) is 4. The summed E-state index contributed by atoms with van der Waals surface area (Å²) in [7, 11) is 0. The summed E-state index contributed by atoms with van der Waals surface area (Å²) in [4.78, 5) is 32.5. The second kappa shape index (κ2) is 6.22. The first-order valence-electron chi connectivity index (χ1n) is 10.1. The van der Waals surface area contributed by atoms with Crippen molar-refractivity contribution in [2.75, 3.05) is 4.90 Å². The lowest BCUT2D eigenvalue weighted by Gasteiger charge is -2.34. The summed E-state index contributed by atoms with van der Waals surface area (Å²) in [5, 5.41) is 4.78. The standard InChI is InChI=1S/C25H18N4O2/c1-14-11-12-16(13-15(14)2)21-23(30)26-22-19-9-5-6-10-20(19)28-24(29(22)27-21)17-7-3-4-8-18(17)25(28)31/h3-13,24H,1-2H3/t24-/m0/s1. The van der Waals surface area contributed by atoms with Crippen LogP contribution >= 0.6 is 0 Å². The van der Waals surface area contributed by atoms with Crippen molar-refractivity contribution in [3.8, 4) is 22.6 Å². The van der Waals surface area contributed by atoms with Crippen LogP contribution in [0, 0.1) is 13.8 Å². The monoisotopic (exact) mass is 406 g/mol. The van der Waals surface area contributed by atoms with E-state index in [1.807, 2.05) is 80.6 Å². The zero-order valence-electron chi connectivity index (χ0n) is 17.0. The fraction of sp³-hybridized carbons (Fsp3) is 0.120. The maximum Gasteiger partial charge on any atom is 0.300 e. The van der Waals surface area contributed by atoms with E-state index in [0.717, 1.165) is 33.5 Å². The molecule has 0 spiro atoms. The second-order valence-electron chi connectivity index (χ2n) is 7.99. The first-order valence-corrected chi connectivity index (χ1v) is 10.1. The number of rotatable bonds is 1. The quantitative estimate of drug-likeness (QED) is 0.477. The fourth-order valence-corrected chi connectivity index (χ4v) is 4.47. The van der Waals surface area contributed by atoms with E-state index in [4.69, 9.17) is 5.10 Å². The topological polar surface area (TPSA) is 68.1 Å². The van der Waals surface area contributed by atoms with Crippen molar-refractivity contribution in [2.45, 2.75) is 20.0 Å². The smallest absolute Gasteiger partial charge is 0.280 e. The molecule has 3 heterocycles. The Morgan fingerprint density at radius 1 is 0.839 bits per heavy atom. The first-order chi connectivity index (χ1) is 15.0. The summed E-state index contributed by atoms with van der Waals surface area (Å²) in [5.41, 5.74) is 5.80. The molecule has 0 radical (unpaired) electrons. The summed E-state index contributed by atoms with van der Waals surface area (Å²) in [6, 6.07) is 20.9. The van der Waals surface area contributed by atoms with E-state index in [1.165, 1.54) is 0 Å². The Morgan fingerprint density at radius 3 is 2.39 bits per heavy atom. The zero-order chi connectivity index (χ0) is 21.3. The van der Waals surface area contributed by atoms with Crippen LogP contribution in [0.15, 0.2) is 71.5 Å². The Kier molecular flexibility index (Phi) is 3.56. The largest absolute Gasteiger partial charge is 0.300 e. The molecule has 6 rings (SSSR count). The Balaban J connectivity index is 1.67. The molecule has 6 nitrogen and oxygen atoms in total. The predicted octanol–water partition coefficient (Wildman–Crippen LogP) is 4.11. The summed E-state index contributed by atoms with van der Waals surface area (Å²) in [6.07, 6.45) is -0.480. The van der Waals surface area contributed by atoms with E-state index in [1.54, 1.807) is 9.58 Å². The van der Waals surface area contributed by atoms with Gasteiger partial charge in [0, 0.05) is 22.3 Å². The lowest BCUT2D eigenvalue weighted by atomic mass is 10.0. The molecule has 0 N–H and O–H groups in total. The Hall–Kier alpha value is -4.06. The van der Waals surface area contributed by atoms with Gasteiger partial charge in [-0.05, 0) is 49.2 Å². The van der Waals surface area contributed by atoms with Crippen molar-refractivity contribution in [3.05, 3.63) is 99.3 Å². The second-order valence-corrected chi connectivity index (χ2v) is 7.99. The third-order valence-electron chi connectivity index (χ3n) is 6.18. The fourth-order valence-electron chi connectivity index (χ4n) is 4.47. The molecule has 31 heavy (non-hydrogen) atoms. The first kappa shape index (κ1) is 17.8. The third kappa shape index (κ3) is 2.39. The van der Waals surface area contributed by atoms with Gasteiger partial charge in [0.1, 0.15) is 0 Å². The van der Waals surface area contributed by atoms with Gasteiger partial charge in [-0.3, -0.25) is 14.5 Å². The van der Waals surface area contributed by atoms with Gasteiger partial charge in [-0.1, -0.05) is 42.5 Å². The maximum absolute atomic E-state index is 13.3. The molecule has 1 atom stereocenters. The van der Waals surface area contributed by atoms with Gasteiger partial charge in [0.2, 0.25) is 0 Å². The van der Waals surface area contributed by atoms with Crippen LogP contribution in [0.25, 0.3) is 22.6 Å². The van der Waals surface area contributed by atoms with Gasteiger partial charge in [0.25, 0.3) is 11.5 Å². The molecule has 0 fully saturated rings. The van der Waals surface area contributed by atoms with Gasteiger partial charge in [-0.25, -0.2) is 4.68 Å². The van der Waals surface area contributed by atoms with Crippen LogP contribution < -0.4 is 10.5 Å².